The van der Waals surface area contributed by atoms with Crippen LogP contribution in [0.4, 0.5) is 0 Å². The molecule has 0 amide bonds. The quantitative estimate of drug-likeness (QED) is 0.623. The molecule has 0 atom stereocenters. The van der Waals surface area contributed by atoms with Gasteiger partial charge in [-0.2, -0.15) is 0 Å². The molecule has 0 bridgehead atoms. The van der Waals surface area contributed by atoms with Gasteiger partial charge in [-0.05, 0) is 25.3 Å². The van der Waals surface area contributed by atoms with Crippen LogP contribution < -0.4 is 0 Å². The van der Waals surface area contributed by atoms with Gasteiger partial charge in [0.15, 0.2) is 0 Å². The number of hydrogen-bond acceptors (Lipinski definition) is 2. The van der Waals surface area contributed by atoms with Crippen LogP contribution in [-0.4, -0.2) is 21.8 Å². The maximum atomic E-state index is 6.00. The lowest BCUT2D eigenvalue weighted by molar-refractivity contribution is 0.174. The van der Waals surface area contributed by atoms with E-state index in [9.17, 15) is 0 Å². The predicted molar refractivity (Wildman–Crippen MR) is 65.7 cm³/mol. The van der Waals surface area contributed by atoms with Gasteiger partial charge in [0.1, 0.15) is 0 Å². The molecular weight excluding hydrogens is 204 g/mol. The average Bonchev–Trinajstić information content (AvgIpc) is 2.11. The maximum absolute atomic E-state index is 6.00. The molecule has 1 aliphatic carbocycles. The van der Waals surface area contributed by atoms with Crippen LogP contribution in [0.5, 0.6) is 0 Å². The standard InChI is InChI=1S/C12H25O2Si/c1-5-13-15(11(3)4,14-6-2)10-12-8-7-9-12/h10-12H,5-9H2,1-4H3. The van der Waals surface area contributed by atoms with Gasteiger partial charge in [0.25, 0.3) is 0 Å². The summed E-state index contributed by atoms with van der Waals surface area (Å²) in [7, 11) is -2.03. The van der Waals surface area contributed by atoms with Crippen molar-refractivity contribution in [1.29, 1.82) is 0 Å². The lowest BCUT2D eigenvalue weighted by atomic mass is 9.87. The monoisotopic (exact) mass is 229 g/mol. The summed E-state index contributed by atoms with van der Waals surface area (Å²) in [5, 5.41) is 0. The topological polar surface area (TPSA) is 18.5 Å². The molecule has 1 fully saturated rings. The summed E-state index contributed by atoms with van der Waals surface area (Å²) in [5.41, 5.74) is 0.512. The van der Waals surface area contributed by atoms with E-state index >= 15 is 0 Å². The Morgan fingerprint density at radius 3 is 2.00 bits per heavy atom. The minimum Gasteiger partial charge on any atom is -0.394 e. The van der Waals surface area contributed by atoms with Crippen LogP contribution in [0.3, 0.4) is 0 Å². The molecule has 15 heavy (non-hydrogen) atoms. The molecule has 0 aromatic carbocycles. The molecule has 0 aromatic heterocycles. The first-order chi connectivity index (χ1) is 7.14. The van der Waals surface area contributed by atoms with Crippen molar-refractivity contribution in [3.05, 3.63) is 6.04 Å². The smallest absolute Gasteiger partial charge is 0.344 e. The van der Waals surface area contributed by atoms with Gasteiger partial charge in [-0.3, -0.25) is 0 Å². The summed E-state index contributed by atoms with van der Waals surface area (Å²) in [6.45, 7) is 10.1. The molecule has 1 radical (unpaired) electrons. The van der Waals surface area contributed by atoms with Crippen molar-refractivity contribution in [2.24, 2.45) is 5.92 Å². The van der Waals surface area contributed by atoms with Gasteiger partial charge >= 0.3 is 8.56 Å². The van der Waals surface area contributed by atoms with Crippen molar-refractivity contribution < 1.29 is 8.85 Å². The SMILES string of the molecule is CCO[Si]([CH]C1CCC1)(OCC)C(C)C. The highest BCUT2D eigenvalue weighted by Gasteiger charge is 2.44. The van der Waals surface area contributed by atoms with Crippen molar-refractivity contribution in [2.45, 2.75) is 52.5 Å². The zero-order valence-corrected chi connectivity index (χ0v) is 11.6. The van der Waals surface area contributed by atoms with Gasteiger partial charge in [-0.15, -0.1) is 0 Å². The van der Waals surface area contributed by atoms with Gasteiger partial charge in [0.05, 0.1) is 0 Å². The fourth-order valence-corrected chi connectivity index (χ4v) is 5.27. The van der Waals surface area contributed by atoms with Crippen molar-refractivity contribution in [1.82, 2.24) is 0 Å². The molecule has 0 heterocycles. The van der Waals surface area contributed by atoms with Crippen molar-refractivity contribution in [3.63, 3.8) is 0 Å². The van der Waals surface area contributed by atoms with E-state index in [1.807, 2.05) is 0 Å². The Bertz CT molecular complexity index is 172. The molecule has 0 aromatic rings. The fourth-order valence-electron chi connectivity index (χ4n) is 2.05. The largest absolute Gasteiger partial charge is 0.394 e. The van der Waals surface area contributed by atoms with Gasteiger partial charge in [-0.25, -0.2) is 0 Å². The van der Waals surface area contributed by atoms with E-state index in [1.54, 1.807) is 0 Å². The molecule has 0 spiro atoms. The van der Waals surface area contributed by atoms with Gasteiger partial charge in [0.2, 0.25) is 0 Å². The van der Waals surface area contributed by atoms with E-state index < -0.39 is 8.56 Å². The molecule has 0 saturated heterocycles. The highest BCUT2D eigenvalue weighted by Crippen LogP contribution is 2.37. The van der Waals surface area contributed by atoms with E-state index in [0.717, 1.165) is 19.1 Å². The van der Waals surface area contributed by atoms with E-state index in [4.69, 9.17) is 8.85 Å². The highest BCUT2D eigenvalue weighted by molar-refractivity contribution is 6.72. The summed E-state index contributed by atoms with van der Waals surface area (Å²) < 4.78 is 12.0. The lowest BCUT2D eigenvalue weighted by Gasteiger charge is -2.38. The fraction of sp³-hybridized carbons (Fsp3) is 0.917. The molecule has 1 saturated carbocycles. The molecule has 0 N–H and O–H groups in total. The van der Waals surface area contributed by atoms with E-state index in [-0.39, 0.29) is 0 Å². The zero-order chi connectivity index (χ0) is 11.3. The Balaban J connectivity index is 2.60. The summed E-state index contributed by atoms with van der Waals surface area (Å²) in [6, 6.07) is 2.44. The minimum absolute atomic E-state index is 0.512. The molecule has 1 aliphatic rings. The second kappa shape index (κ2) is 6.02. The van der Waals surface area contributed by atoms with E-state index in [0.29, 0.717) is 5.54 Å². The molecule has 0 unspecified atom stereocenters. The third-order valence-electron chi connectivity index (χ3n) is 3.16. The van der Waals surface area contributed by atoms with Crippen molar-refractivity contribution in [2.75, 3.05) is 13.2 Å². The van der Waals surface area contributed by atoms with Gasteiger partial charge in [0, 0.05) is 19.3 Å². The summed E-state index contributed by atoms with van der Waals surface area (Å²) in [5.74, 6) is 0.761. The second-order valence-corrected chi connectivity index (χ2v) is 8.11. The Labute approximate surface area is 95.6 Å². The van der Waals surface area contributed by atoms with Crippen molar-refractivity contribution in [3.8, 4) is 0 Å². The van der Waals surface area contributed by atoms with Crippen molar-refractivity contribution >= 4 is 8.56 Å². The normalized spacial score (nSPS) is 18.2. The second-order valence-electron chi connectivity index (χ2n) is 4.60. The summed E-state index contributed by atoms with van der Waals surface area (Å²) in [6.07, 6.45) is 4.05. The van der Waals surface area contributed by atoms with Crippen LogP contribution in [0.25, 0.3) is 0 Å². The molecule has 1 rings (SSSR count). The van der Waals surface area contributed by atoms with Gasteiger partial charge in [-0.1, -0.05) is 33.1 Å². The first kappa shape index (κ1) is 13.2. The van der Waals surface area contributed by atoms with E-state index in [2.05, 4.69) is 33.7 Å². The third-order valence-corrected chi connectivity index (χ3v) is 7.19. The molecular formula is C12H25O2Si. The Hall–Kier alpha value is 0.137. The maximum Gasteiger partial charge on any atom is 0.344 e. The lowest BCUT2D eigenvalue weighted by Crippen LogP contribution is -2.49. The summed E-state index contributed by atoms with van der Waals surface area (Å²) >= 11 is 0. The van der Waals surface area contributed by atoms with Crippen LogP contribution in [0.1, 0.15) is 47.0 Å². The Morgan fingerprint density at radius 1 is 1.20 bits per heavy atom. The molecule has 3 heteroatoms. The first-order valence-corrected chi connectivity index (χ1v) is 8.25. The van der Waals surface area contributed by atoms with E-state index in [1.165, 1.54) is 19.3 Å². The van der Waals surface area contributed by atoms with Crippen LogP contribution >= 0.6 is 0 Å². The molecule has 0 aliphatic heterocycles. The predicted octanol–water partition coefficient (Wildman–Crippen LogP) is 3.46. The van der Waals surface area contributed by atoms with Crippen LogP contribution in [-0.2, 0) is 8.85 Å². The zero-order valence-electron chi connectivity index (χ0n) is 10.6. The molecule has 89 valence electrons. The van der Waals surface area contributed by atoms with Crippen LogP contribution in [0.2, 0.25) is 5.54 Å². The number of hydrogen-bond donors (Lipinski definition) is 0. The first-order valence-electron chi connectivity index (χ1n) is 6.28. The summed E-state index contributed by atoms with van der Waals surface area (Å²) in [4.78, 5) is 0. The van der Waals surface area contributed by atoms with Crippen LogP contribution in [0.15, 0.2) is 0 Å². The average molecular weight is 229 g/mol. The van der Waals surface area contributed by atoms with Crippen LogP contribution in [0, 0.1) is 12.0 Å². The Kier molecular flexibility index (Phi) is 5.30. The Morgan fingerprint density at radius 2 is 1.73 bits per heavy atom. The minimum atomic E-state index is -2.03. The third kappa shape index (κ3) is 3.30. The van der Waals surface area contributed by atoms with Gasteiger partial charge < -0.3 is 8.85 Å². The molecule has 2 nitrogen and oxygen atoms in total. The highest BCUT2D eigenvalue weighted by atomic mass is 28.4. The number of rotatable bonds is 7.